The van der Waals surface area contributed by atoms with E-state index >= 15 is 0 Å². The van der Waals surface area contributed by atoms with E-state index in [1.807, 2.05) is 21.1 Å². The minimum atomic E-state index is -0.872. The molecule has 0 aliphatic heterocycles. The second-order valence-electron chi connectivity index (χ2n) is 19.5. The third-order valence-electron chi connectivity index (χ3n) is 12.4. The quantitative estimate of drug-likeness (QED) is 0.0281. The first-order chi connectivity index (χ1) is 30.1. The Labute approximate surface area is 384 Å². The molecule has 62 heavy (non-hydrogen) atoms. The molecule has 0 fully saturated rings. The molecule has 0 aliphatic carbocycles. The third-order valence-corrected chi connectivity index (χ3v) is 12.4. The van der Waals surface area contributed by atoms with Crippen LogP contribution >= 0.6 is 0 Å². The Morgan fingerprint density at radius 1 is 0.468 bits per heavy atom. The standard InChI is InChI=1S/C54H103NO7/c1-6-8-10-12-14-16-18-20-22-24-25-26-27-28-29-31-32-34-36-38-40-42-44-52(56)61-49-50(48-60-47-46-51(54(58)59)55(3,4)5)62-53(57)45-43-41-39-37-35-33-30-23-21-19-17-15-13-11-9-7-2/h23,30,50-51H,6-22,24-29,31-49H2,1-5H3/p+1/b30-23+. The van der Waals surface area contributed by atoms with E-state index in [4.69, 9.17) is 14.2 Å². The summed E-state index contributed by atoms with van der Waals surface area (Å²) in [5.41, 5.74) is 0. The molecule has 0 aromatic rings. The molecule has 0 radical (unpaired) electrons. The lowest BCUT2D eigenvalue weighted by molar-refractivity contribution is -0.887. The van der Waals surface area contributed by atoms with Crippen molar-refractivity contribution in [2.24, 2.45) is 0 Å². The second kappa shape index (κ2) is 45.6. The first-order valence-electron chi connectivity index (χ1n) is 26.7. The molecule has 0 saturated heterocycles. The number of carbonyl (C=O) groups excluding carboxylic acids is 2. The molecule has 0 heterocycles. The van der Waals surface area contributed by atoms with Gasteiger partial charge in [0.2, 0.25) is 0 Å². The van der Waals surface area contributed by atoms with Crippen molar-refractivity contribution < 1.29 is 38.2 Å². The van der Waals surface area contributed by atoms with Crippen LogP contribution in [0.5, 0.6) is 0 Å². The van der Waals surface area contributed by atoms with Crippen molar-refractivity contribution in [1.82, 2.24) is 0 Å². The number of hydrogen-bond donors (Lipinski definition) is 1. The number of quaternary nitrogens is 1. The Balaban J connectivity index is 4.16. The highest BCUT2D eigenvalue weighted by Crippen LogP contribution is 2.17. The van der Waals surface area contributed by atoms with Gasteiger partial charge in [-0.15, -0.1) is 0 Å². The minimum absolute atomic E-state index is 0.0476. The average molecular weight is 879 g/mol. The van der Waals surface area contributed by atoms with Crippen molar-refractivity contribution in [1.29, 1.82) is 0 Å². The number of carboxylic acids is 1. The number of likely N-dealkylation sites (N-methyl/N-ethyl adjacent to an activating group) is 1. The maximum absolute atomic E-state index is 12.8. The van der Waals surface area contributed by atoms with Gasteiger partial charge in [0.25, 0.3) is 0 Å². The zero-order valence-electron chi connectivity index (χ0n) is 41.9. The number of aliphatic carboxylic acids is 1. The van der Waals surface area contributed by atoms with Crippen LogP contribution in [0.4, 0.5) is 0 Å². The van der Waals surface area contributed by atoms with Crippen molar-refractivity contribution in [3.63, 3.8) is 0 Å². The number of esters is 2. The summed E-state index contributed by atoms with van der Waals surface area (Å²) in [5.74, 6) is -1.45. The zero-order valence-corrected chi connectivity index (χ0v) is 41.9. The van der Waals surface area contributed by atoms with E-state index in [1.165, 1.54) is 180 Å². The monoisotopic (exact) mass is 879 g/mol. The van der Waals surface area contributed by atoms with Gasteiger partial charge in [-0.25, -0.2) is 4.79 Å². The van der Waals surface area contributed by atoms with Gasteiger partial charge in [-0.05, 0) is 38.5 Å². The Morgan fingerprint density at radius 2 is 0.806 bits per heavy atom. The van der Waals surface area contributed by atoms with E-state index in [-0.39, 0.29) is 36.2 Å². The molecule has 2 unspecified atom stereocenters. The number of carboxylic acid groups (broad SMARTS) is 1. The normalized spacial score (nSPS) is 12.9. The van der Waals surface area contributed by atoms with E-state index in [9.17, 15) is 19.5 Å². The molecule has 0 aromatic carbocycles. The third kappa shape index (κ3) is 43.3. The predicted octanol–water partition coefficient (Wildman–Crippen LogP) is 15.4. The fourth-order valence-electron chi connectivity index (χ4n) is 8.27. The van der Waals surface area contributed by atoms with Crippen LogP contribution in [-0.4, -0.2) is 80.6 Å². The van der Waals surface area contributed by atoms with E-state index in [0.29, 0.717) is 19.3 Å². The smallest absolute Gasteiger partial charge is 0.362 e. The van der Waals surface area contributed by atoms with Crippen LogP contribution in [0.1, 0.15) is 264 Å². The Kier molecular flexibility index (Phi) is 44.2. The fraction of sp³-hybridized carbons (Fsp3) is 0.907. The van der Waals surface area contributed by atoms with Gasteiger partial charge in [0, 0.05) is 19.3 Å². The van der Waals surface area contributed by atoms with Crippen LogP contribution in [0.3, 0.4) is 0 Å². The molecule has 0 spiro atoms. The van der Waals surface area contributed by atoms with E-state index in [2.05, 4.69) is 26.0 Å². The predicted molar refractivity (Wildman–Crippen MR) is 262 cm³/mol. The Bertz CT molecular complexity index is 1020. The summed E-state index contributed by atoms with van der Waals surface area (Å²) >= 11 is 0. The lowest BCUT2D eigenvalue weighted by Crippen LogP contribution is -2.50. The molecule has 8 nitrogen and oxygen atoms in total. The first-order valence-corrected chi connectivity index (χ1v) is 26.7. The highest BCUT2D eigenvalue weighted by molar-refractivity contribution is 5.72. The number of nitrogens with zero attached hydrogens (tertiary/aromatic N) is 1. The van der Waals surface area contributed by atoms with Crippen molar-refractivity contribution in [3.8, 4) is 0 Å². The summed E-state index contributed by atoms with van der Waals surface area (Å²) in [6.45, 7) is 4.78. The maximum atomic E-state index is 12.8. The van der Waals surface area contributed by atoms with Gasteiger partial charge in [0.15, 0.2) is 12.1 Å². The number of hydrogen-bond acceptors (Lipinski definition) is 6. The van der Waals surface area contributed by atoms with Crippen LogP contribution in [-0.2, 0) is 28.6 Å². The van der Waals surface area contributed by atoms with Gasteiger partial charge in [0.05, 0.1) is 34.4 Å². The highest BCUT2D eigenvalue weighted by Gasteiger charge is 2.31. The maximum Gasteiger partial charge on any atom is 0.362 e. The van der Waals surface area contributed by atoms with Gasteiger partial charge in [-0.2, -0.15) is 0 Å². The molecule has 0 saturated carbocycles. The molecule has 8 heteroatoms. The molecule has 0 aliphatic rings. The van der Waals surface area contributed by atoms with Gasteiger partial charge < -0.3 is 23.8 Å². The summed E-state index contributed by atoms with van der Waals surface area (Å²) in [5, 5.41) is 9.65. The molecule has 0 rings (SSSR count). The lowest BCUT2D eigenvalue weighted by atomic mass is 10.0. The molecule has 366 valence electrons. The molecular formula is C54H104NO7+. The van der Waals surface area contributed by atoms with Crippen LogP contribution < -0.4 is 0 Å². The summed E-state index contributed by atoms with van der Waals surface area (Å²) in [6, 6.07) is -0.612. The van der Waals surface area contributed by atoms with Crippen molar-refractivity contribution in [2.75, 3.05) is 41.0 Å². The summed E-state index contributed by atoms with van der Waals surface area (Å²) < 4.78 is 17.4. The van der Waals surface area contributed by atoms with Crippen LogP contribution in [0.25, 0.3) is 0 Å². The fourth-order valence-corrected chi connectivity index (χ4v) is 8.27. The summed E-state index contributed by atoms with van der Waals surface area (Å²) in [7, 11) is 5.54. The lowest BCUT2D eigenvalue weighted by Gasteiger charge is -2.31. The van der Waals surface area contributed by atoms with Gasteiger partial charge in [0.1, 0.15) is 6.61 Å². The van der Waals surface area contributed by atoms with Crippen LogP contribution in [0.15, 0.2) is 12.2 Å². The number of allylic oxidation sites excluding steroid dienone is 2. The van der Waals surface area contributed by atoms with E-state index in [1.54, 1.807) is 0 Å². The van der Waals surface area contributed by atoms with Gasteiger partial charge in [-0.3, -0.25) is 9.59 Å². The van der Waals surface area contributed by atoms with Gasteiger partial charge in [-0.1, -0.05) is 219 Å². The Hall–Kier alpha value is -1.93. The SMILES string of the molecule is CCCCCCCCC/C=C/CCCCCCCC(=O)OC(COCCC(C(=O)O)[N+](C)(C)C)COC(=O)CCCCCCCCCCCCCCCCCCCCCCCC. The van der Waals surface area contributed by atoms with E-state index < -0.39 is 18.1 Å². The summed E-state index contributed by atoms with van der Waals surface area (Å²) in [4.78, 5) is 37.2. The number of carbonyl (C=O) groups is 3. The second-order valence-corrected chi connectivity index (χ2v) is 19.5. The average Bonchev–Trinajstić information content (AvgIpc) is 3.23. The van der Waals surface area contributed by atoms with Gasteiger partial charge >= 0.3 is 17.9 Å². The largest absolute Gasteiger partial charge is 0.477 e. The first kappa shape index (κ1) is 60.1. The molecular weight excluding hydrogens is 775 g/mol. The zero-order chi connectivity index (χ0) is 45.6. The Morgan fingerprint density at radius 3 is 1.16 bits per heavy atom. The summed E-state index contributed by atoms with van der Waals surface area (Å²) in [6.07, 6.45) is 51.2. The van der Waals surface area contributed by atoms with Crippen molar-refractivity contribution >= 4 is 17.9 Å². The number of rotatable bonds is 49. The highest BCUT2D eigenvalue weighted by atomic mass is 16.6. The van der Waals surface area contributed by atoms with Crippen LogP contribution in [0, 0.1) is 0 Å². The molecule has 0 amide bonds. The number of unbranched alkanes of at least 4 members (excludes halogenated alkanes) is 33. The minimum Gasteiger partial charge on any atom is -0.477 e. The van der Waals surface area contributed by atoms with Crippen LogP contribution in [0.2, 0.25) is 0 Å². The number of ether oxygens (including phenoxy) is 3. The van der Waals surface area contributed by atoms with Crippen molar-refractivity contribution in [2.45, 2.75) is 276 Å². The topological polar surface area (TPSA) is 99.1 Å². The molecule has 0 bridgehead atoms. The van der Waals surface area contributed by atoms with Crippen molar-refractivity contribution in [3.05, 3.63) is 12.2 Å². The van der Waals surface area contributed by atoms with E-state index in [0.717, 1.165) is 51.4 Å². The molecule has 2 atom stereocenters. The molecule has 0 aromatic heterocycles. The molecule has 1 N–H and O–H groups in total.